The molecule has 1 aromatic rings. The van der Waals surface area contributed by atoms with Crippen LogP contribution in [0, 0.1) is 11.6 Å². The quantitative estimate of drug-likeness (QED) is 0.596. The zero-order valence-corrected chi connectivity index (χ0v) is 10.4. The molecule has 1 rings (SSSR count). The lowest BCUT2D eigenvalue weighted by molar-refractivity contribution is 0.293. The highest BCUT2D eigenvalue weighted by Gasteiger charge is 2.06. The molecule has 0 spiro atoms. The van der Waals surface area contributed by atoms with Crippen molar-refractivity contribution in [1.82, 2.24) is 0 Å². The van der Waals surface area contributed by atoms with Crippen molar-refractivity contribution in [3.63, 3.8) is 0 Å². The lowest BCUT2D eigenvalue weighted by Crippen LogP contribution is -2.03. The van der Waals surface area contributed by atoms with Gasteiger partial charge in [-0.15, -0.1) is 0 Å². The first-order valence-corrected chi connectivity index (χ1v) is 7.36. The molecule has 0 fully saturated rings. The summed E-state index contributed by atoms with van der Waals surface area (Å²) in [6, 6.07) is 2.99. The first-order valence-electron chi connectivity index (χ1n) is 4.89. The molecule has 0 aliphatic carbocycles. The Kier molecular flexibility index (Phi) is 5.14. The summed E-state index contributed by atoms with van der Waals surface area (Å²) < 4.78 is 51.8. The lowest BCUT2D eigenvalue weighted by atomic mass is 10.3. The number of unbranched alkanes of at least 4 members (excludes halogenated alkanes) is 1. The highest BCUT2D eigenvalue weighted by molar-refractivity contribution is 8.13. The predicted molar refractivity (Wildman–Crippen MR) is 60.7 cm³/mol. The van der Waals surface area contributed by atoms with E-state index < -0.39 is 20.7 Å². The number of hydrogen-bond acceptors (Lipinski definition) is 3. The lowest BCUT2D eigenvalue weighted by Gasteiger charge is -2.06. The molecule has 0 heterocycles. The normalized spacial score (nSPS) is 11.5. The maximum absolute atomic E-state index is 13.1. The van der Waals surface area contributed by atoms with Crippen molar-refractivity contribution >= 4 is 19.7 Å². The van der Waals surface area contributed by atoms with Crippen LogP contribution in [-0.2, 0) is 9.05 Å². The van der Waals surface area contributed by atoms with Crippen LogP contribution in [0.15, 0.2) is 18.2 Å². The second kappa shape index (κ2) is 6.16. The molecule has 0 aliphatic rings. The molecule has 0 unspecified atom stereocenters. The van der Waals surface area contributed by atoms with Gasteiger partial charge in [-0.25, -0.2) is 17.2 Å². The van der Waals surface area contributed by atoms with Crippen LogP contribution in [-0.4, -0.2) is 20.8 Å². The van der Waals surface area contributed by atoms with Gasteiger partial charge in [0.1, 0.15) is 5.82 Å². The van der Waals surface area contributed by atoms with Crippen LogP contribution < -0.4 is 4.74 Å². The summed E-state index contributed by atoms with van der Waals surface area (Å²) in [7, 11) is 1.51. The van der Waals surface area contributed by atoms with E-state index in [1.807, 2.05) is 0 Å². The van der Waals surface area contributed by atoms with E-state index >= 15 is 0 Å². The van der Waals surface area contributed by atoms with E-state index in [0.29, 0.717) is 12.8 Å². The van der Waals surface area contributed by atoms with Crippen molar-refractivity contribution in [1.29, 1.82) is 0 Å². The number of rotatable bonds is 6. The van der Waals surface area contributed by atoms with Gasteiger partial charge in [-0.1, -0.05) is 0 Å². The van der Waals surface area contributed by atoms with Crippen LogP contribution in [0.4, 0.5) is 8.78 Å². The van der Waals surface area contributed by atoms with E-state index in [1.54, 1.807) is 0 Å². The fourth-order valence-corrected chi connectivity index (χ4v) is 2.03. The Morgan fingerprint density at radius 3 is 2.53 bits per heavy atom. The molecule has 0 N–H and O–H groups in total. The molecule has 0 atom stereocenters. The molecule has 0 aliphatic heterocycles. The van der Waals surface area contributed by atoms with E-state index in [2.05, 4.69) is 0 Å². The summed E-state index contributed by atoms with van der Waals surface area (Å²) in [6.07, 6.45) is 0.747. The molecule has 1 aromatic carbocycles. The smallest absolute Gasteiger partial charge is 0.232 e. The summed E-state index contributed by atoms with van der Waals surface area (Å²) >= 11 is 0. The molecule has 7 heteroatoms. The second-order valence-corrected chi connectivity index (χ2v) is 6.27. The van der Waals surface area contributed by atoms with Gasteiger partial charge >= 0.3 is 0 Å². The average Bonchev–Trinajstić information content (AvgIpc) is 2.18. The fraction of sp³-hybridized carbons (Fsp3) is 0.400. The maximum Gasteiger partial charge on any atom is 0.232 e. The van der Waals surface area contributed by atoms with Crippen molar-refractivity contribution in [2.45, 2.75) is 12.8 Å². The topological polar surface area (TPSA) is 43.4 Å². The third-order valence-corrected chi connectivity index (χ3v) is 3.17. The second-order valence-electron chi connectivity index (χ2n) is 3.37. The van der Waals surface area contributed by atoms with Gasteiger partial charge < -0.3 is 4.74 Å². The molecule has 3 nitrogen and oxygen atoms in total. The first kappa shape index (κ1) is 14.2. The van der Waals surface area contributed by atoms with Gasteiger partial charge in [0.05, 0.1) is 12.4 Å². The first-order chi connectivity index (χ1) is 7.88. The van der Waals surface area contributed by atoms with Crippen LogP contribution in [0.5, 0.6) is 5.75 Å². The molecule has 0 saturated heterocycles. The number of halogens is 3. The van der Waals surface area contributed by atoms with Gasteiger partial charge in [0.15, 0.2) is 11.6 Å². The molecular weight excluding hydrogens is 274 g/mol. The fourth-order valence-electron chi connectivity index (χ4n) is 1.15. The van der Waals surface area contributed by atoms with Gasteiger partial charge in [-0.05, 0) is 25.0 Å². The largest absolute Gasteiger partial charge is 0.491 e. The third kappa shape index (κ3) is 5.83. The van der Waals surface area contributed by atoms with E-state index in [0.717, 1.165) is 12.1 Å². The number of hydrogen-bond donors (Lipinski definition) is 0. The zero-order chi connectivity index (χ0) is 12.9. The van der Waals surface area contributed by atoms with Crippen molar-refractivity contribution in [2.24, 2.45) is 0 Å². The Morgan fingerprint density at radius 1 is 1.24 bits per heavy atom. The van der Waals surface area contributed by atoms with Gasteiger partial charge in [0.25, 0.3) is 0 Å². The molecule has 0 aromatic heterocycles. The van der Waals surface area contributed by atoms with Gasteiger partial charge in [-0.3, -0.25) is 0 Å². The van der Waals surface area contributed by atoms with Crippen molar-refractivity contribution in [3.05, 3.63) is 29.8 Å². The van der Waals surface area contributed by atoms with Crippen LogP contribution in [0.3, 0.4) is 0 Å². The SMILES string of the molecule is O=S(=O)(Cl)CCCCOc1ccc(F)cc1F. The van der Waals surface area contributed by atoms with Gasteiger partial charge in [0.2, 0.25) is 9.05 Å². The van der Waals surface area contributed by atoms with Crippen molar-refractivity contribution < 1.29 is 21.9 Å². The van der Waals surface area contributed by atoms with E-state index in [4.69, 9.17) is 15.4 Å². The minimum atomic E-state index is -3.49. The molecule has 0 amide bonds. The van der Waals surface area contributed by atoms with E-state index in [-0.39, 0.29) is 18.1 Å². The van der Waals surface area contributed by atoms with Crippen molar-refractivity contribution in [2.75, 3.05) is 12.4 Å². The molecule has 0 saturated carbocycles. The minimum Gasteiger partial charge on any atom is -0.491 e. The summed E-state index contributed by atoms with van der Waals surface area (Å²) in [4.78, 5) is 0. The van der Waals surface area contributed by atoms with E-state index in [9.17, 15) is 17.2 Å². The average molecular weight is 285 g/mol. The highest BCUT2D eigenvalue weighted by Crippen LogP contribution is 2.17. The number of ether oxygens (including phenoxy) is 1. The van der Waals surface area contributed by atoms with Crippen LogP contribution in [0.2, 0.25) is 0 Å². The number of benzene rings is 1. The predicted octanol–water partition coefficient (Wildman–Crippen LogP) is 2.69. The standard InChI is InChI=1S/C10H11ClF2O3S/c11-17(14,15)6-2-1-5-16-10-4-3-8(12)7-9(10)13/h3-4,7H,1-2,5-6H2. The Labute approximate surface area is 103 Å². The summed E-state index contributed by atoms with van der Waals surface area (Å²) in [5.74, 6) is -1.66. The Hall–Kier alpha value is -0.880. The van der Waals surface area contributed by atoms with Gasteiger partial charge in [-0.2, -0.15) is 0 Å². The molecule has 0 bridgehead atoms. The van der Waals surface area contributed by atoms with Gasteiger partial charge in [0, 0.05) is 16.7 Å². The third-order valence-electron chi connectivity index (χ3n) is 1.93. The monoisotopic (exact) mass is 284 g/mol. The van der Waals surface area contributed by atoms with Crippen LogP contribution >= 0.6 is 10.7 Å². The molecule has 96 valence electrons. The van der Waals surface area contributed by atoms with Crippen LogP contribution in [0.1, 0.15) is 12.8 Å². The minimum absolute atomic E-state index is 0.0554. The maximum atomic E-state index is 13.1. The molecular formula is C10H11ClF2O3S. The van der Waals surface area contributed by atoms with Crippen molar-refractivity contribution in [3.8, 4) is 5.75 Å². The Morgan fingerprint density at radius 2 is 1.94 bits per heavy atom. The summed E-state index contributed by atoms with van der Waals surface area (Å²) in [5.41, 5.74) is 0. The Balaban J connectivity index is 2.32. The summed E-state index contributed by atoms with van der Waals surface area (Å²) in [6.45, 7) is 0.148. The Bertz CT molecular complexity index is 476. The molecule has 0 radical (unpaired) electrons. The highest BCUT2D eigenvalue weighted by atomic mass is 35.7. The van der Waals surface area contributed by atoms with E-state index in [1.165, 1.54) is 6.07 Å². The summed E-state index contributed by atoms with van der Waals surface area (Å²) in [5, 5.41) is 0. The zero-order valence-electron chi connectivity index (χ0n) is 8.83. The van der Waals surface area contributed by atoms with Crippen LogP contribution in [0.25, 0.3) is 0 Å². The molecule has 17 heavy (non-hydrogen) atoms.